The summed E-state index contributed by atoms with van der Waals surface area (Å²) in [6, 6.07) is 5.83. The van der Waals surface area contributed by atoms with Crippen molar-refractivity contribution in [3.8, 4) is 0 Å². The van der Waals surface area contributed by atoms with E-state index < -0.39 is 11.7 Å². The summed E-state index contributed by atoms with van der Waals surface area (Å²) in [5, 5.41) is 2.79. The lowest BCUT2D eigenvalue weighted by Gasteiger charge is -2.19. The average molecular weight is 273 g/mol. The fraction of sp³-hybridized carbons (Fsp3) is 0.467. The topological polar surface area (TPSA) is 56.1 Å². The van der Waals surface area contributed by atoms with Crippen molar-refractivity contribution in [2.45, 2.75) is 45.8 Å². The lowest BCUT2D eigenvalue weighted by atomic mass is 10.2. The molecule has 3 rings (SSSR count). The highest BCUT2D eigenvalue weighted by Crippen LogP contribution is 2.28. The summed E-state index contributed by atoms with van der Waals surface area (Å²) in [7, 11) is 0. The largest absolute Gasteiger partial charge is 0.444 e. The van der Waals surface area contributed by atoms with Crippen LogP contribution in [0.15, 0.2) is 18.2 Å². The molecule has 0 aliphatic carbocycles. The van der Waals surface area contributed by atoms with Gasteiger partial charge in [0.1, 0.15) is 16.9 Å². The highest BCUT2D eigenvalue weighted by molar-refractivity contribution is 5.97. The lowest BCUT2D eigenvalue weighted by molar-refractivity contribution is 0.0636. The number of amides is 1. The molecule has 0 atom stereocenters. The first-order chi connectivity index (χ1) is 9.44. The number of hydrogen-bond acceptors (Lipinski definition) is 3. The molecule has 0 saturated heterocycles. The quantitative estimate of drug-likeness (QED) is 0.867. The highest BCUT2D eigenvalue weighted by atomic mass is 16.6. The van der Waals surface area contributed by atoms with Crippen LogP contribution in [0, 0.1) is 0 Å². The van der Waals surface area contributed by atoms with Crippen LogP contribution in [0.3, 0.4) is 0 Å². The van der Waals surface area contributed by atoms with E-state index in [-0.39, 0.29) is 0 Å². The summed E-state index contributed by atoms with van der Waals surface area (Å²) in [4.78, 5) is 16.5. The van der Waals surface area contributed by atoms with Crippen LogP contribution in [0.25, 0.3) is 11.0 Å². The summed E-state index contributed by atoms with van der Waals surface area (Å²) in [5.74, 6) is 1.10. The molecule has 0 saturated carbocycles. The third kappa shape index (κ3) is 2.35. The van der Waals surface area contributed by atoms with Crippen molar-refractivity contribution < 1.29 is 9.53 Å². The molecule has 1 N–H and O–H groups in total. The predicted octanol–water partition coefficient (Wildman–Crippen LogP) is 3.33. The van der Waals surface area contributed by atoms with E-state index in [9.17, 15) is 4.79 Å². The minimum absolute atomic E-state index is 0.446. The van der Waals surface area contributed by atoms with Crippen molar-refractivity contribution >= 4 is 22.8 Å². The summed E-state index contributed by atoms with van der Waals surface area (Å²) in [5.41, 5.74) is 2.12. The number of carbonyl (C=O) groups is 1. The second-order valence-electron chi connectivity index (χ2n) is 6.08. The van der Waals surface area contributed by atoms with Gasteiger partial charge < -0.3 is 9.30 Å². The number of para-hydroxylation sites is 1. The van der Waals surface area contributed by atoms with Crippen LogP contribution < -0.4 is 5.32 Å². The maximum atomic E-state index is 11.9. The van der Waals surface area contributed by atoms with Gasteiger partial charge in [0.05, 0.1) is 11.2 Å². The van der Waals surface area contributed by atoms with Gasteiger partial charge in [0, 0.05) is 13.0 Å². The number of fused-ring (bicyclic) bond motifs is 3. The van der Waals surface area contributed by atoms with Crippen LogP contribution in [0.1, 0.15) is 33.0 Å². The zero-order valence-corrected chi connectivity index (χ0v) is 12.1. The SMILES string of the molecule is CC(C)(C)OC(=O)Nc1cccc2c1nc1n2CCC1. The van der Waals surface area contributed by atoms with E-state index in [1.165, 1.54) is 0 Å². The fourth-order valence-corrected chi connectivity index (χ4v) is 2.55. The Hall–Kier alpha value is -2.04. The number of anilines is 1. The monoisotopic (exact) mass is 273 g/mol. The molecule has 0 radical (unpaired) electrons. The number of nitrogens with one attached hydrogen (secondary N) is 1. The third-order valence-corrected chi connectivity index (χ3v) is 3.28. The molecule has 1 amide bonds. The van der Waals surface area contributed by atoms with E-state index in [0.29, 0.717) is 5.69 Å². The average Bonchev–Trinajstić information content (AvgIpc) is 2.87. The van der Waals surface area contributed by atoms with Gasteiger partial charge in [-0.1, -0.05) is 6.07 Å². The number of carbonyl (C=O) groups excluding carboxylic acids is 1. The molecule has 5 nitrogen and oxygen atoms in total. The van der Waals surface area contributed by atoms with E-state index in [0.717, 1.165) is 36.2 Å². The first-order valence-corrected chi connectivity index (χ1v) is 6.92. The molecule has 0 spiro atoms. The Bertz CT molecular complexity index is 668. The number of benzene rings is 1. The van der Waals surface area contributed by atoms with Crippen molar-refractivity contribution in [1.82, 2.24) is 9.55 Å². The van der Waals surface area contributed by atoms with Crippen molar-refractivity contribution in [2.24, 2.45) is 0 Å². The normalized spacial score (nSPS) is 14.3. The van der Waals surface area contributed by atoms with Crippen LogP contribution in [0.2, 0.25) is 0 Å². The Kier molecular flexibility index (Phi) is 2.92. The van der Waals surface area contributed by atoms with Crippen molar-refractivity contribution in [3.63, 3.8) is 0 Å². The molecule has 1 aromatic heterocycles. The van der Waals surface area contributed by atoms with Gasteiger partial charge in [-0.15, -0.1) is 0 Å². The van der Waals surface area contributed by atoms with Crippen LogP contribution in [-0.2, 0) is 17.7 Å². The summed E-state index contributed by atoms with van der Waals surface area (Å²) in [6.07, 6.45) is 1.70. The molecule has 1 aliphatic rings. The van der Waals surface area contributed by atoms with Crippen LogP contribution in [0.5, 0.6) is 0 Å². The number of imidazole rings is 1. The number of rotatable bonds is 1. The van der Waals surface area contributed by atoms with Gasteiger partial charge >= 0.3 is 6.09 Å². The molecule has 20 heavy (non-hydrogen) atoms. The maximum absolute atomic E-state index is 11.9. The number of aromatic nitrogens is 2. The van der Waals surface area contributed by atoms with E-state index in [2.05, 4.69) is 14.9 Å². The first kappa shape index (κ1) is 13.0. The van der Waals surface area contributed by atoms with Crippen LogP contribution in [0.4, 0.5) is 10.5 Å². The Morgan fingerprint density at radius 2 is 2.20 bits per heavy atom. The second-order valence-corrected chi connectivity index (χ2v) is 6.08. The van der Waals surface area contributed by atoms with Crippen molar-refractivity contribution in [1.29, 1.82) is 0 Å². The predicted molar refractivity (Wildman–Crippen MR) is 77.9 cm³/mol. The van der Waals surface area contributed by atoms with Crippen molar-refractivity contribution in [2.75, 3.05) is 5.32 Å². The first-order valence-electron chi connectivity index (χ1n) is 6.92. The summed E-state index contributed by atoms with van der Waals surface area (Å²) < 4.78 is 7.50. The maximum Gasteiger partial charge on any atom is 0.412 e. The van der Waals surface area contributed by atoms with Gasteiger partial charge in [0.2, 0.25) is 0 Å². The molecular weight excluding hydrogens is 254 g/mol. The van der Waals surface area contributed by atoms with Gasteiger partial charge in [0.15, 0.2) is 0 Å². The lowest BCUT2D eigenvalue weighted by Crippen LogP contribution is -2.27. The van der Waals surface area contributed by atoms with Gasteiger partial charge in [-0.05, 0) is 39.3 Å². The Morgan fingerprint density at radius 1 is 1.40 bits per heavy atom. The molecule has 0 fully saturated rings. The minimum Gasteiger partial charge on any atom is -0.444 e. The Morgan fingerprint density at radius 3 is 2.95 bits per heavy atom. The van der Waals surface area contributed by atoms with E-state index in [4.69, 9.17) is 4.74 Å². The minimum atomic E-state index is -0.506. The summed E-state index contributed by atoms with van der Waals surface area (Å²) in [6.45, 7) is 6.54. The van der Waals surface area contributed by atoms with Gasteiger partial charge in [-0.2, -0.15) is 0 Å². The van der Waals surface area contributed by atoms with Gasteiger partial charge in [-0.25, -0.2) is 9.78 Å². The zero-order valence-electron chi connectivity index (χ0n) is 12.1. The molecule has 1 aromatic carbocycles. The van der Waals surface area contributed by atoms with E-state index in [1.54, 1.807) is 0 Å². The molecule has 1 aliphatic heterocycles. The molecular formula is C15H19N3O2. The number of nitrogens with zero attached hydrogens (tertiary/aromatic N) is 2. The standard InChI is InChI=1S/C15H19N3O2/c1-15(2,3)20-14(19)16-10-6-4-7-11-13(10)17-12-8-5-9-18(11)12/h4,6-7H,5,8-9H2,1-3H3,(H,16,19). The fourth-order valence-electron chi connectivity index (χ4n) is 2.55. The van der Waals surface area contributed by atoms with E-state index in [1.807, 2.05) is 39.0 Å². The van der Waals surface area contributed by atoms with Gasteiger partial charge in [-0.3, -0.25) is 5.32 Å². The Balaban J connectivity index is 1.91. The Labute approximate surface area is 117 Å². The van der Waals surface area contributed by atoms with Gasteiger partial charge in [0.25, 0.3) is 0 Å². The smallest absolute Gasteiger partial charge is 0.412 e. The molecule has 106 valence electrons. The molecule has 5 heteroatoms. The van der Waals surface area contributed by atoms with Crippen molar-refractivity contribution in [3.05, 3.63) is 24.0 Å². The highest BCUT2D eigenvalue weighted by Gasteiger charge is 2.20. The molecule has 2 heterocycles. The molecule has 0 unspecified atom stereocenters. The second kappa shape index (κ2) is 4.51. The van der Waals surface area contributed by atoms with Crippen LogP contribution in [-0.4, -0.2) is 21.2 Å². The number of ether oxygens (including phenoxy) is 1. The number of aryl methyl sites for hydroxylation is 2. The van der Waals surface area contributed by atoms with Crippen LogP contribution >= 0.6 is 0 Å². The third-order valence-electron chi connectivity index (χ3n) is 3.28. The van der Waals surface area contributed by atoms with E-state index >= 15 is 0 Å². The zero-order chi connectivity index (χ0) is 14.3. The number of hydrogen-bond donors (Lipinski definition) is 1. The molecule has 2 aromatic rings. The molecule has 0 bridgehead atoms. The summed E-state index contributed by atoms with van der Waals surface area (Å²) >= 11 is 0.